The third-order valence-electron chi connectivity index (χ3n) is 5.12. The SMILES string of the molecule is Cc1ccc2ncnc(NC3CCC(N(C(=O)O)C(C)(C)C)CC3)c2c1. The molecule has 1 saturated carbocycles. The van der Waals surface area contributed by atoms with Crippen LogP contribution in [0.25, 0.3) is 10.9 Å². The lowest BCUT2D eigenvalue weighted by molar-refractivity contribution is 0.0556. The molecule has 1 amide bonds. The highest BCUT2D eigenvalue weighted by Gasteiger charge is 2.35. The van der Waals surface area contributed by atoms with Crippen molar-refractivity contribution in [3.8, 4) is 0 Å². The Labute approximate surface area is 154 Å². The summed E-state index contributed by atoms with van der Waals surface area (Å²) in [4.78, 5) is 22.1. The summed E-state index contributed by atoms with van der Waals surface area (Å²) in [7, 11) is 0. The van der Waals surface area contributed by atoms with Gasteiger partial charge in [-0.25, -0.2) is 14.8 Å². The smallest absolute Gasteiger partial charge is 0.407 e. The number of carbonyl (C=O) groups is 1. The summed E-state index contributed by atoms with van der Waals surface area (Å²) in [5.41, 5.74) is 1.74. The number of nitrogens with one attached hydrogen (secondary N) is 1. The monoisotopic (exact) mass is 356 g/mol. The van der Waals surface area contributed by atoms with E-state index in [4.69, 9.17) is 0 Å². The van der Waals surface area contributed by atoms with Crippen molar-refractivity contribution in [2.75, 3.05) is 5.32 Å². The maximum atomic E-state index is 11.7. The van der Waals surface area contributed by atoms with Gasteiger partial charge < -0.3 is 15.3 Å². The molecule has 2 aromatic rings. The van der Waals surface area contributed by atoms with Crippen LogP contribution in [0.5, 0.6) is 0 Å². The standard InChI is InChI=1S/C20H28N4O2/c1-13-5-10-17-16(11-13)18(22-12-21-17)23-14-6-8-15(9-7-14)24(19(25)26)20(2,3)4/h5,10-12,14-15H,6-9H2,1-4H3,(H,25,26)(H,21,22,23). The van der Waals surface area contributed by atoms with Gasteiger partial charge in [-0.3, -0.25) is 0 Å². The van der Waals surface area contributed by atoms with Crippen molar-refractivity contribution in [2.45, 2.75) is 71.0 Å². The lowest BCUT2D eigenvalue weighted by Crippen LogP contribution is -2.52. The fraction of sp³-hybridized carbons (Fsp3) is 0.550. The molecule has 0 radical (unpaired) electrons. The third-order valence-corrected chi connectivity index (χ3v) is 5.12. The topological polar surface area (TPSA) is 78.4 Å². The Morgan fingerprint density at radius 1 is 1.19 bits per heavy atom. The molecular formula is C20H28N4O2. The number of fused-ring (bicyclic) bond motifs is 1. The first-order valence-electron chi connectivity index (χ1n) is 9.26. The Morgan fingerprint density at radius 3 is 2.50 bits per heavy atom. The van der Waals surface area contributed by atoms with Gasteiger partial charge in [0.05, 0.1) is 5.52 Å². The van der Waals surface area contributed by atoms with Gasteiger partial charge in [-0.2, -0.15) is 0 Å². The second-order valence-electron chi connectivity index (χ2n) is 8.22. The highest BCUT2D eigenvalue weighted by molar-refractivity contribution is 5.89. The minimum atomic E-state index is -0.828. The lowest BCUT2D eigenvalue weighted by Gasteiger charge is -2.42. The molecule has 0 bridgehead atoms. The molecule has 1 aliphatic rings. The molecule has 6 heteroatoms. The molecule has 1 aliphatic carbocycles. The van der Waals surface area contributed by atoms with E-state index in [0.29, 0.717) is 6.04 Å². The fourth-order valence-corrected chi connectivity index (χ4v) is 3.95. The molecule has 2 N–H and O–H groups in total. The van der Waals surface area contributed by atoms with Crippen molar-refractivity contribution in [2.24, 2.45) is 0 Å². The van der Waals surface area contributed by atoms with Gasteiger partial charge in [-0.05, 0) is 65.5 Å². The number of aryl methyl sites for hydroxylation is 1. The predicted molar refractivity (Wildman–Crippen MR) is 104 cm³/mol. The Bertz CT molecular complexity index is 792. The normalized spacial score (nSPS) is 20.8. The number of carboxylic acid groups (broad SMARTS) is 1. The maximum Gasteiger partial charge on any atom is 0.407 e. The summed E-state index contributed by atoms with van der Waals surface area (Å²) in [6.45, 7) is 7.94. The van der Waals surface area contributed by atoms with Gasteiger partial charge in [0, 0.05) is 23.0 Å². The molecular weight excluding hydrogens is 328 g/mol. The quantitative estimate of drug-likeness (QED) is 0.850. The Hall–Kier alpha value is -2.37. The van der Waals surface area contributed by atoms with Crippen molar-refractivity contribution in [3.05, 3.63) is 30.1 Å². The van der Waals surface area contributed by atoms with Gasteiger partial charge in [0.1, 0.15) is 12.1 Å². The van der Waals surface area contributed by atoms with E-state index in [2.05, 4.69) is 34.3 Å². The molecule has 0 aliphatic heterocycles. The summed E-state index contributed by atoms with van der Waals surface area (Å²) in [6.07, 6.45) is 4.36. The van der Waals surface area contributed by atoms with E-state index >= 15 is 0 Å². The molecule has 140 valence electrons. The number of anilines is 1. The Balaban J connectivity index is 1.70. The summed E-state index contributed by atoms with van der Waals surface area (Å²) in [5, 5.41) is 14.2. The molecule has 1 aromatic carbocycles. The molecule has 0 atom stereocenters. The molecule has 1 fully saturated rings. The molecule has 1 heterocycles. The third kappa shape index (κ3) is 3.89. The van der Waals surface area contributed by atoms with E-state index in [1.54, 1.807) is 11.2 Å². The zero-order valence-electron chi connectivity index (χ0n) is 16.0. The summed E-state index contributed by atoms with van der Waals surface area (Å²) < 4.78 is 0. The molecule has 3 rings (SSSR count). The molecule has 0 saturated heterocycles. The number of hydrogen-bond donors (Lipinski definition) is 2. The van der Waals surface area contributed by atoms with Gasteiger partial charge in [-0.15, -0.1) is 0 Å². The van der Waals surface area contributed by atoms with Crippen LogP contribution in [0.15, 0.2) is 24.5 Å². The molecule has 26 heavy (non-hydrogen) atoms. The van der Waals surface area contributed by atoms with Gasteiger partial charge in [0.2, 0.25) is 0 Å². The second kappa shape index (κ2) is 7.09. The van der Waals surface area contributed by atoms with Crippen molar-refractivity contribution in [1.29, 1.82) is 0 Å². The second-order valence-corrected chi connectivity index (χ2v) is 8.22. The number of rotatable bonds is 3. The van der Waals surface area contributed by atoms with Gasteiger partial charge in [0.15, 0.2) is 0 Å². The van der Waals surface area contributed by atoms with Crippen molar-refractivity contribution >= 4 is 22.8 Å². The number of nitrogens with zero attached hydrogens (tertiary/aromatic N) is 3. The average molecular weight is 356 g/mol. The van der Waals surface area contributed by atoms with Crippen LogP contribution >= 0.6 is 0 Å². The van der Waals surface area contributed by atoms with Crippen LogP contribution < -0.4 is 5.32 Å². The molecule has 0 spiro atoms. The lowest BCUT2D eigenvalue weighted by atomic mass is 9.88. The number of benzene rings is 1. The van der Waals surface area contributed by atoms with Crippen LogP contribution in [-0.4, -0.2) is 43.7 Å². The van der Waals surface area contributed by atoms with E-state index in [1.165, 1.54) is 5.56 Å². The van der Waals surface area contributed by atoms with E-state index in [-0.39, 0.29) is 11.6 Å². The summed E-state index contributed by atoms with van der Waals surface area (Å²) in [5.74, 6) is 0.869. The minimum Gasteiger partial charge on any atom is -0.465 e. The van der Waals surface area contributed by atoms with Gasteiger partial charge >= 0.3 is 6.09 Å². The highest BCUT2D eigenvalue weighted by Crippen LogP contribution is 2.31. The van der Waals surface area contributed by atoms with Crippen molar-refractivity contribution in [1.82, 2.24) is 14.9 Å². The first-order chi connectivity index (χ1) is 12.3. The Morgan fingerprint density at radius 2 is 1.88 bits per heavy atom. The van der Waals surface area contributed by atoms with Crippen LogP contribution in [0.4, 0.5) is 10.6 Å². The number of aromatic nitrogens is 2. The zero-order chi connectivity index (χ0) is 18.9. The van der Waals surface area contributed by atoms with Crippen LogP contribution in [0.1, 0.15) is 52.0 Å². The van der Waals surface area contributed by atoms with Gasteiger partial charge in [0.25, 0.3) is 0 Å². The summed E-state index contributed by atoms with van der Waals surface area (Å²) in [6, 6.07) is 6.56. The minimum absolute atomic E-state index is 0.0786. The predicted octanol–water partition coefficient (Wildman–Crippen LogP) is 4.44. The highest BCUT2D eigenvalue weighted by atomic mass is 16.4. The van der Waals surface area contributed by atoms with E-state index < -0.39 is 6.09 Å². The first-order valence-corrected chi connectivity index (χ1v) is 9.26. The van der Waals surface area contributed by atoms with Gasteiger partial charge in [-0.1, -0.05) is 11.6 Å². The van der Waals surface area contributed by atoms with Crippen molar-refractivity contribution in [3.63, 3.8) is 0 Å². The van der Waals surface area contributed by atoms with Crippen molar-refractivity contribution < 1.29 is 9.90 Å². The van der Waals surface area contributed by atoms with Crippen LogP contribution in [0.3, 0.4) is 0 Å². The molecule has 0 unspecified atom stereocenters. The number of amides is 1. The zero-order valence-corrected chi connectivity index (χ0v) is 16.0. The molecule has 1 aromatic heterocycles. The van der Waals surface area contributed by atoms with E-state index in [1.807, 2.05) is 26.8 Å². The summed E-state index contributed by atoms with van der Waals surface area (Å²) >= 11 is 0. The average Bonchev–Trinajstić information content (AvgIpc) is 2.55. The molecule has 6 nitrogen and oxygen atoms in total. The maximum absolute atomic E-state index is 11.7. The fourth-order valence-electron chi connectivity index (χ4n) is 3.95. The largest absolute Gasteiger partial charge is 0.465 e. The van der Waals surface area contributed by atoms with E-state index in [0.717, 1.165) is 42.4 Å². The first kappa shape index (κ1) is 18.4. The number of hydrogen-bond acceptors (Lipinski definition) is 4. The van der Waals surface area contributed by atoms with E-state index in [9.17, 15) is 9.90 Å². The van der Waals surface area contributed by atoms with Crippen LogP contribution in [-0.2, 0) is 0 Å². The van der Waals surface area contributed by atoms with Crippen LogP contribution in [0.2, 0.25) is 0 Å². The van der Waals surface area contributed by atoms with Crippen LogP contribution in [0, 0.1) is 6.92 Å². The Kier molecular flexibility index (Phi) is 5.03.